The van der Waals surface area contributed by atoms with Gasteiger partial charge in [0.25, 0.3) is 0 Å². The molecule has 132 valence electrons. The maximum Gasteiger partial charge on any atom is 0.314 e. The van der Waals surface area contributed by atoms with Gasteiger partial charge in [-0.1, -0.05) is 69.6 Å². The Balaban J connectivity index is 2.25. The van der Waals surface area contributed by atoms with E-state index >= 15 is 0 Å². The van der Waals surface area contributed by atoms with Crippen molar-refractivity contribution >= 4 is 34.8 Å². The third-order valence-electron chi connectivity index (χ3n) is 3.94. The highest BCUT2D eigenvalue weighted by Gasteiger charge is 2.20. The standard InChI is InChI=1S/C20H23ClN2O2/c1-12(2)14-8-7-9-15(13(3)4)18(14)23-20(25)19(24)22-17-11-6-5-10-16(17)21/h5-13H,1-4H3,(H,22,24)(H,23,25). The van der Waals surface area contributed by atoms with Gasteiger partial charge in [0.1, 0.15) is 0 Å². The molecule has 0 saturated carbocycles. The van der Waals surface area contributed by atoms with Gasteiger partial charge in [-0.25, -0.2) is 0 Å². The quantitative estimate of drug-likeness (QED) is 0.741. The highest BCUT2D eigenvalue weighted by molar-refractivity contribution is 6.45. The number of para-hydroxylation sites is 2. The van der Waals surface area contributed by atoms with Crippen molar-refractivity contribution in [2.75, 3.05) is 10.6 Å². The Kier molecular flexibility index (Phi) is 6.21. The van der Waals surface area contributed by atoms with E-state index in [0.29, 0.717) is 16.4 Å². The molecule has 4 nitrogen and oxygen atoms in total. The second kappa shape index (κ2) is 8.17. The highest BCUT2D eigenvalue weighted by atomic mass is 35.5. The van der Waals surface area contributed by atoms with E-state index in [4.69, 9.17) is 11.6 Å². The minimum absolute atomic E-state index is 0.223. The molecule has 0 aliphatic heterocycles. The maximum atomic E-state index is 12.4. The van der Waals surface area contributed by atoms with Crippen molar-refractivity contribution in [2.45, 2.75) is 39.5 Å². The molecule has 0 unspecified atom stereocenters. The van der Waals surface area contributed by atoms with Crippen LogP contribution in [0, 0.1) is 0 Å². The molecule has 0 bridgehead atoms. The first-order chi connectivity index (χ1) is 11.8. The average Bonchev–Trinajstić information content (AvgIpc) is 2.56. The number of amides is 2. The lowest BCUT2D eigenvalue weighted by atomic mass is 9.92. The van der Waals surface area contributed by atoms with Crippen LogP contribution in [-0.4, -0.2) is 11.8 Å². The number of anilines is 2. The van der Waals surface area contributed by atoms with E-state index in [9.17, 15) is 9.59 Å². The predicted octanol–water partition coefficient (Wildman–Crippen LogP) is 5.16. The number of benzene rings is 2. The Hall–Kier alpha value is -2.33. The van der Waals surface area contributed by atoms with Crippen LogP contribution < -0.4 is 10.6 Å². The van der Waals surface area contributed by atoms with Crippen LogP contribution in [0.4, 0.5) is 11.4 Å². The van der Waals surface area contributed by atoms with Gasteiger partial charge in [-0.2, -0.15) is 0 Å². The summed E-state index contributed by atoms with van der Waals surface area (Å²) in [7, 11) is 0. The number of halogens is 1. The topological polar surface area (TPSA) is 58.2 Å². The number of rotatable bonds is 4. The van der Waals surface area contributed by atoms with E-state index in [1.165, 1.54) is 0 Å². The first kappa shape index (κ1) is 19.0. The van der Waals surface area contributed by atoms with Gasteiger partial charge in [0.2, 0.25) is 0 Å². The fraction of sp³-hybridized carbons (Fsp3) is 0.300. The lowest BCUT2D eigenvalue weighted by Gasteiger charge is -2.20. The fourth-order valence-electron chi connectivity index (χ4n) is 2.61. The van der Waals surface area contributed by atoms with E-state index < -0.39 is 11.8 Å². The van der Waals surface area contributed by atoms with Gasteiger partial charge < -0.3 is 10.6 Å². The van der Waals surface area contributed by atoms with Crippen molar-refractivity contribution in [3.8, 4) is 0 Å². The molecule has 2 aromatic rings. The normalized spacial score (nSPS) is 10.8. The molecule has 2 rings (SSSR count). The Morgan fingerprint density at radius 1 is 0.800 bits per heavy atom. The Labute approximate surface area is 153 Å². The Morgan fingerprint density at radius 2 is 1.32 bits per heavy atom. The lowest BCUT2D eigenvalue weighted by Crippen LogP contribution is -2.30. The van der Waals surface area contributed by atoms with E-state index in [1.807, 2.05) is 18.2 Å². The summed E-state index contributed by atoms with van der Waals surface area (Å²) in [4.78, 5) is 24.7. The molecule has 2 amide bonds. The third kappa shape index (κ3) is 4.60. The second-order valence-electron chi connectivity index (χ2n) is 6.51. The molecule has 0 aliphatic carbocycles. The molecule has 0 spiro atoms. The largest absolute Gasteiger partial charge is 0.317 e. The zero-order valence-corrected chi connectivity index (χ0v) is 15.6. The molecule has 0 saturated heterocycles. The Bertz CT molecular complexity index is 759. The van der Waals surface area contributed by atoms with Crippen molar-refractivity contribution in [1.29, 1.82) is 0 Å². The van der Waals surface area contributed by atoms with Crippen molar-refractivity contribution < 1.29 is 9.59 Å². The van der Waals surface area contributed by atoms with Crippen LogP contribution in [0.1, 0.15) is 50.7 Å². The van der Waals surface area contributed by atoms with Crippen LogP contribution in [0.2, 0.25) is 5.02 Å². The molecule has 2 N–H and O–H groups in total. The molecule has 2 aromatic carbocycles. The second-order valence-corrected chi connectivity index (χ2v) is 6.92. The zero-order chi connectivity index (χ0) is 18.6. The molecule has 0 heterocycles. The molecule has 0 radical (unpaired) electrons. The number of nitrogens with one attached hydrogen (secondary N) is 2. The van der Waals surface area contributed by atoms with Gasteiger partial charge in [0.05, 0.1) is 10.7 Å². The van der Waals surface area contributed by atoms with Crippen LogP contribution in [0.3, 0.4) is 0 Å². The van der Waals surface area contributed by atoms with Crippen molar-refractivity contribution in [3.05, 3.63) is 58.6 Å². The molecule has 0 fully saturated rings. The van der Waals surface area contributed by atoms with Gasteiger partial charge in [-0.05, 0) is 35.1 Å². The average molecular weight is 359 g/mol. The maximum absolute atomic E-state index is 12.4. The minimum atomic E-state index is -0.749. The monoisotopic (exact) mass is 358 g/mol. The number of hydrogen-bond donors (Lipinski definition) is 2. The molecule has 25 heavy (non-hydrogen) atoms. The summed E-state index contributed by atoms with van der Waals surface area (Å²) in [6.07, 6.45) is 0. The first-order valence-corrected chi connectivity index (χ1v) is 8.68. The Morgan fingerprint density at radius 3 is 1.84 bits per heavy atom. The summed E-state index contributed by atoms with van der Waals surface area (Å²) in [5, 5.41) is 5.72. The van der Waals surface area contributed by atoms with Gasteiger partial charge in [-0.15, -0.1) is 0 Å². The summed E-state index contributed by atoms with van der Waals surface area (Å²) in [6.45, 7) is 8.22. The smallest absolute Gasteiger partial charge is 0.314 e. The van der Waals surface area contributed by atoms with Crippen LogP contribution in [-0.2, 0) is 9.59 Å². The van der Waals surface area contributed by atoms with Gasteiger partial charge in [0, 0.05) is 5.69 Å². The van der Waals surface area contributed by atoms with E-state index in [2.05, 4.69) is 38.3 Å². The van der Waals surface area contributed by atoms with E-state index in [-0.39, 0.29) is 11.8 Å². The third-order valence-corrected chi connectivity index (χ3v) is 4.27. The van der Waals surface area contributed by atoms with Crippen molar-refractivity contribution in [2.24, 2.45) is 0 Å². The predicted molar refractivity (Wildman–Crippen MR) is 103 cm³/mol. The fourth-order valence-corrected chi connectivity index (χ4v) is 2.79. The molecular weight excluding hydrogens is 336 g/mol. The molecular formula is C20H23ClN2O2. The van der Waals surface area contributed by atoms with E-state index in [0.717, 1.165) is 11.1 Å². The van der Waals surface area contributed by atoms with Crippen LogP contribution >= 0.6 is 11.6 Å². The molecule has 5 heteroatoms. The van der Waals surface area contributed by atoms with Crippen LogP contribution in [0.25, 0.3) is 0 Å². The van der Waals surface area contributed by atoms with Crippen LogP contribution in [0.15, 0.2) is 42.5 Å². The van der Waals surface area contributed by atoms with Crippen molar-refractivity contribution in [3.63, 3.8) is 0 Å². The molecule has 0 atom stereocenters. The summed E-state index contributed by atoms with van der Waals surface area (Å²) < 4.78 is 0. The minimum Gasteiger partial charge on any atom is -0.317 e. The summed E-state index contributed by atoms with van der Waals surface area (Å²) in [6, 6.07) is 12.7. The highest BCUT2D eigenvalue weighted by Crippen LogP contribution is 2.32. The molecule has 0 aliphatic rings. The molecule has 0 aromatic heterocycles. The van der Waals surface area contributed by atoms with Gasteiger partial charge in [0.15, 0.2) is 0 Å². The summed E-state index contributed by atoms with van der Waals surface area (Å²) in [5.41, 5.74) is 3.13. The van der Waals surface area contributed by atoms with Crippen LogP contribution in [0.5, 0.6) is 0 Å². The summed E-state index contributed by atoms with van der Waals surface area (Å²) in [5.74, 6) is -1.02. The van der Waals surface area contributed by atoms with E-state index in [1.54, 1.807) is 24.3 Å². The van der Waals surface area contributed by atoms with Crippen molar-refractivity contribution in [1.82, 2.24) is 0 Å². The number of hydrogen-bond acceptors (Lipinski definition) is 2. The number of carbonyl (C=O) groups excluding carboxylic acids is 2. The van der Waals surface area contributed by atoms with Gasteiger partial charge >= 0.3 is 11.8 Å². The van der Waals surface area contributed by atoms with Gasteiger partial charge in [-0.3, -0.25) is 9.59 Å². The first-order valence-electron chi connectivity index (χ1n) is 8.31. The SMILES string of the molecule is CC(C)c1cccc(C(C)C)c1NC(=O)C(=O)Nc1ccccc1Cl. The lowest BCUT2D eigenvalue weighted by molar-refractivity contribution is -0.133. The number of carbonyl (C=O) groups is 2. The zero-order valence-electron chi connectivity index (χ0n) is 14.9. The summed E-state index contributed by atoms with van der Waals surface area (Å²) >= 11 is 6.02.